The van der Waals surface area contributed by atoms with Crippen molar-refractivity contribution in [1.82, 2.24) is 19.7 Å². The summed E-state index contributed by atoms with van der Waals surface area (Å²) in [5, 5.41) is 7.23. The van der Waals surface area contributed by atoms with Gasteiger partial charge in [-0.05, 0) is 82.1 Å². The fourth-order valence-corrected chi connectivity index (χ4v) is 6.75. The number of nitrogens with one attached hydrogen (secondary N) is 2. The average Bonchev–Trinajstić information content (AvgIpc) is 3.73. The number of benzene rings is 3. The van der Waals surface area contributed by atoms with Crippen molar-refractivity contribution in [2.24, 2.45) is 0 Å². The Kier molecular flexibility index (Phi) is 8.06. The number of carbonyl (C=O) groups excluding carboxylic acids is 3. The van der Waals surface area contributed by atoms with Crippen molar-refractivity contribution in [3.05, 3.63) is 70.3 Å². The molecule has 0 bridgehead atoms. The van der Waals surface area contributed by atoms with E-state index in [-0.39, 0.29) is 52.8 Å². The van der Waals surface area contributed by atoms with E-state index in [1.54, 1.807) is 25.3 Å². The van der Waals surface area contributed by atoms with Crippen LogP contribution in [0.5, 0.6) is 11.5 Å². The highest BCUT2D eigenvalue weighted by molar-refractivity contribution is 6.04. The number of nitrogens with zero attached hydrogens (tertiary/aromatic N) is 3. The van der Waals surface area contributed by atoms with Gasteiger partial charge in [-0.15, -0.1) is 0 Å². The van der Waals surface area contributed by atoms with Crippen LogP contribution >= 0.6 is 0 Å². The summed E-state index contributed by atoms with van der Waals surface area (Å²) in [5.41, 5.74) is -0.820. The van der Waals surface area contributed by atoms with Crippen LogP contribution in [0, 0.1) is 5.82 Å². The summed E-state index contributed by atoms with van der Waals surface area (Å²) < 4.78 is 29.3. The van der Waals surface area contributed by atoms with E-state index in [1.807, 2.05) is 36.4 Å². The monoisotopic (exact) mass is 655 g/mol. The first-order chi connectivity index (χ1) is 22.9. The molecule has 4 aromatic rings. The Bertz CT molecular complexity index is 2030. The van der Waals surface area contributed by atoms with Crippen molar-refractivity contribution in [1.29, 1.82) is 0 Å². The number of pyridine rings is 1. The summed E-state index contributed by atoms with van der Waals surface area (Å²) in [6.07, 6.45) is 3.74. The maximum absolute atomic E-state index is 16.0. The van der Waals surface area contributed by atoms with E-state index >= 15 is 4.39 Å². The molecule has 3 aliphatic heterocycles. The summed E-state index contributed by atoms with van der Waals surface area (Å²) in [4.78, 5) is 57.0. The van der Waals surface area contributed by atoms with Gasteiger partial charge >= 0.3 is 6.09 Å². The molecule has 1 aromatic heterocycles. The Balaban J connectivity index is 1.27. The van der Waals surface area contributed by atoms with E-state index in [1.165, 1.54) is 11.1 Å². The number of hydrogen-bond acceptors (Lipinski definition) is 7. The van der Waals surface area contributed by atoms with Gasteiger partial charge in [0.05, 0.1) is 17.1 Å². The fourth-order valence-electron chi connectivity index (χ4n) is 6.75. The molecule has 3 amide bonds. The molecule has 48 heavy (non-hydrogen) atoms. The van der Waals surface area contributed by atoms with Crippen molar-refractivity contribution >= 4 is 45.3 Å². The lowest BCUT2D eigenvalue weighted by Crippen LogP contribution is -2.41. The molecule has 250 valence electrons. The van der Waals surface area contributed by atoms with Crippen molar-refractivity contribution in [3.8, 4) is 17.2 Å². The van der Waals surface area contributed by atoms with Gasteiger partial charge in [-0.2, -0.15) is 0 Å². The van der Waals surface area contributed by atoms with Gasteiger partial charge in [-0.3, -0.25) is 14.4 Å². The summed E-state index contributed by atoms with van der Waals surface area (Å²) in [6.45, 7) is 8.22. The van der Waals surface area contributed by atoms with E-state index in [0.29, 0.717) is 30.9 Å². The Morgan fingerprint density at radius 3 is 2.50 bits per heavy atom. The third kappa shape index (κ3) is 6.08. The first kappa shape index (κ1) is 31.6. The predicted molar refractivity (Wildman–Crippen MR) is 180 cm³/mol. The smallest absolute Gasteiger partial charge is 0.407 e. The number of likely N-dealkylation sites (tertiary alicyclic amines) is 2. The van der Waals surface area contributed by atoms with Crippen LogP contribution in [-0.2, 0) is 9.53 Å². The van der Waals surface area contributed by atoms with Gasteiger partial charge in [-0.25, -0.2) is 9.18 Å². The minimum atomic E-state index is -0.840. The van der Waals surface area contributed by atoms with Crippen molar-refractivity contribution in [3.63, 3.8) is 0 Å². The van der Waals surface area contributed by atoms with Gasteiger partial charge in [0.15, 0.2) is 17.3 Å². The number of carbonyl (C=O) groups is 3. The molecule has 0 unspecified atom stereocenters. The molecule has 7 rings (SSSR count). The second-order valence-corrected chi connectivity index (χ2v) is 13.7. The molecule has 0 saturated carbocycles. The number of anilines is 1. The molecule has 1 atom stereocenters. The number of rotatable bonds is 6. The SMILES string of the molecule is CC(C)(C)OC(=O)N[C@@H]1CCN(C(=O)c2cn3c4c(c(NC(=O)CCN5CCCC5)c(F)cc4c2=O)Oc2cc4ccccc4cc2-3)C1. The van der Waals surface area contributed by atoms with Gasteiger partial charge in [0, 0.05) is 32.3 Å². The minimum absolute atomic E-state index is 0.00111. The summed E-state index contributed by atoms with van der Waals surface area (Å²) in [5.74, 6) is -1.36. The first-order valence-electron chi connectivity index (χ1n) is 16.4. The highest BCUT2D eigenvalue weighted by Gasteiger charge is 2.34. The Hall–Kier alpha value is -4.97. The number of aromatic nitrogens is 1. The molecule has 3 aliphatic rings. The standard InChI is InChI=1S/C36H38FN5O6/c1-36(2,3)48-35(46)38-23-10-15-41(19-23)34(45)25-20-42-27-16-21-8-4-5-9-22(21)17-28(27)47-33-30(26(37)18-24(31(33)42)32(25)44)39-29(43)11-14-40-12-6-7-13-40/h4-5,8-9,16-18,20,23H,6-7,10-15,19H2,1-3H3,(H,38,46)(H,39,43)/t23-/m1/s1. The van der Waals surface area contributed by atoms with Gasteiger partial charge in [0.25, 0.3) is 5.91 Å². The zero-order valence-electron chi connectivity index (χ0n) is 27.2. The second-order valence-electron chi connectivity index (χ2n) is 13.7. The van der Waals surface area contributed by atoms with E-state index < -0.39 is 28.8 Å². The van der Waals surface area contributed by atoms with Crippen LogP contribution in [0.15, 0.2) is 53.5 Å². The zero-order valence-corrected chi connectivity index (χ0v) is 27.2. The van der Waals surface area contributed by atoms with E-state index in [4.69, 9.17) is 9.47 Å². The molecule has 12 heteroatoms. The maximum Gasteiger partial charge on any atom is 0.407 e. The topological polar surface area (TPSA) is 122 Å². The lowest BCUT2D eigenvalue weighted by Gasteiger charge is -2.27. The number of alkyl carbamates (subject to hydrolysis) is 1. The van der Waals surface area contributed by atoms with Gasteiger partial charge in [0.1, 0.15) is 22.4 Å². The largest absolute Gasteiger partial charge is 0.451 e. The van der Waals surface area contributed by atoms with E-state index in [2.05, 4.69) is 15.5 Å². The summed E-state index contributed by atoms with van der Waals surface area (Å²) >= 11 is 0. The molecule has 0 spiro atoms. The van der Waals surface area contributed by atoms with Crippen LogP contribution in [0.1, 0.15) is 56.8 Å². The van der Waals surface area contributed by atoms with Crippen molar-refractivity contribution in [2.75, 3.05) is 38.0 Å². The third-order valence-corrected chi connectivity index (χ3v) is 9.04. The highest BCUT2D eigenvalue weighted by atomic mass is 19.1. The first-order valence-corrected chi connectivity index (χ1v) is 16.4. The van der Waals surface area contributed by atoms with E-state index in [0.717, 1.165) is 42.8 Å². The van der Waals surface area contributed by atoms with Crippen LogP contribution in [0.4, 0.5) is 14.9 Å². The fraction of sp³-hybridized carbons (Fsp3) is 0.389. The Morgan fingerprint density at radius 1 is 1.04 bits per heavy atom. The molecular formula is C36H38FN5O6. The molecule has 11 nitrogen and oxygen atoms in total. The lowest BCUT2D eigenvalue weighted by molar-refractivity contribution is -0.116. The van der Waals surface area contributed by atoms with Crippen LogP contribution < -0.4 is 20.8 Å². The number of amides is 3. The molecule has 0 aliphatic carbocycles. The average molecular weight is 656 g/mol. The molecule has 2 N–H and O–H groups in total. The molecule has 3 aromatic carbocycles. The van der Waals surface area contributed by atoms with Crippen LogP contribution in [0.25, 0.3) is 27.4 Å². The summed E-state index contributed by atoms with van der Waals surface area (Å²) in [7, 11) is 0. The highest BCUT2D eigenvalue weighted by Crippen LogP contribution is 2.46. The van der Waals surface area contributed by atoms with Gasteiger partial charge < -0.3 is 34.5 Å². The normalized spacial score (nSPS) is 17.3. The predicted octanol–water partition coefficient (Wildman–Crippen LogP) is 5.55. The van der Waals surface area contributed by atoms with Gasteiger partial charge in [-0.1, -0.05) is 24.3 Å². The second kappa shape index (κ2) is 12.2. The van der Waals surface area contributed by atoms with Crippen LogP contribution in [-0.4, -0.2) is 76.6 Å². The zero-order chi connectivity index (χ0) is 33.7. The minimum Gasteiger partial charge on any atom is -0.451 e. The number of halogens is 1. The Morgan fingerprint density at radius 2 is 1.77 bits per heavy atom. The molecule has 4 heterocycles. The number of fused-ring (bicyclic) bond motifs is 3. The molecule has 2 saturated heterocycles. The molecule has 0 radical (unpaired) electrons. The Labute approximate surface area is 276 Å². The third-order valence-electron chi connectivity index (χ3n) is 9.04. The van der Waals surface area contributed by atoms with Crippen molar-refractivity contribution < 1.29 is 28.2 Å². The lowest BCUT2D eigenvalue weighted by atomic mass is 10.0. The number of hydrogen-bond donors (Lipinski definition) is 2. The molecule has 2 fully saturated rings. The summed E-state index contributed by atoms with van der Waals surface area (Å²) in [6, 6.07) is 12.1. The van der Waals surface area contributed by atoms with E-state index in [9.17, 15) is 19.2 Å². The van der Waals surface area contributed by atoms with Gasteiger partial charge in [0.2, 0.25) is 11.3 Å². The quantitative estimate of drug-likeness (QED) is 0.246. The van der Waals surface area contributed by atoms with Crippen LogP contribution in [0.2, 0.25) is 0 Å². The van der Waals surface area contributed by atoms with Crippen LogP contribution in [0.3, 0.4) is 0 Å². The maximum atomic E-state index is 16.0. The van der Waals surface area contributed by atoms with Crippen molar-refractivity contribution in [2.45, 2.75) is 58.1 Å². The number of ether oxygens (including phenoxy) is 2. The molecular weight excluding hydrogens is 617 g/mol.